The predicted octanol–water partition coefficient (Wildman–Crippen LogP) is 9.50. The van der Waals surface area contributed by atoms with Gasteiger partial charge in [0.15, 0.2) is 0 Å². The van der Waals surface area contributed by atoms with Crippen molar-refractivity contribution < 1.29 is 9.47 Å². The molecule has 214 valence electrons. The highest BCUT2D eigenvalue weighted by atomic mass is 35.5. The van der Waals surface area contributed by atoms with Crippen LogP contribution in [0, 0.1) is 0 Å². The molecule has 0 saturated heterocycles. The van der Waals surface area contributed by atoms with Gasteiger partial charge in [0.05, 0.1) is 46.3 Å². The number of methoxy groups -OCH3 is 2. The van der Waals surface area contributed by atoms with Crippen molar-refractivity contribution in [1.82, 2.24) is 9.97 Å². The molecule has 0 bridgehead atoms. The van der Waals surface area contributed by atoms with Gasteiger partial charge in [0.2, 0.25) is 0 Å². The lowest BCUT2D eigenvalue weighted by molar-refractivity contribution is 0.415. The van der Waals surface area contributed by atoms with Crippen LogP contribution in [0.4, 0.5) is 11.4 Å². The third kappa shape index (κ3) is 5.83. The molecule has 4 aromatic carbocycles. The van der Waals surface area contributed by atoms with Crippen LogP contribution < -0.4 is 20.1 Å². The summed E-state index contributed by atoms with van der Waals surface area (Å²) in [6, 6.07) is 23.9. The van der Waals surface area contributed by atoms with E-state index < -0.39 is 0 Å². The first-order chi connectivity index (χ1) is 20.5. The number of anilines is 2. The summed E-state index contributed by atoms with van der Waals surface area (Å²) in [7, 11) is 3.31. The second-order valence-corrected chi connectivity index (χ2v) is 11.1. The van der Waals surface area contributed by atoms with Crippen LogP contribution in [0.2, 0.25) is 10.0 Å². The van der Waals surface area contributed by atoms with Gasteiger partial charge in [-0.15, -0.1) is 0 Å². The maximum Gasteiger partial charge on any atom is 0.119 e. The fourth-order valence-corrected chi connectivity index (χ4v) is 5.89. The number of aromatic nitrogens is 2. The molecule has 2 N–H and O–H groups in total. The Balaban J connectivity index is 0.986. The summed E-state index contributed by atoms with van der Waals surface area (Å²) < 4.78 is 10.7. The largest absolute Gasteiger partial charge is 0.497 e. The van der Waals surface area contributed by atoms with Crippen LogP contribution in [0.15, 0.2) is 72.8 Å². The summed E-state index contributed by atoms with van der Waals surface area (Å²) in [5, 5.41) is 12.1. The van der Waals surface area contributed by atoms with Gasteiger partial charge in [-0.3, -0.25) is 0 Å². The molecule has 0 radical (unpaired) electrons. The van der Waals surface area contributed by atoms with Gasteiger partial charge in [-0.25, -0.2) is 9.97 Å². The summed E-state index contributed by atoms with van der Waals surface area (Å²) in [5.41, 5.74) is 5.58. The fourth-order valence-electron chi connectivity index (χ4n) is 5.29. The number of rotatable bonds is 11. The van der Waals surface area contributed by atoms with Gasteiger partial charge < -0.3 is 20.1 Å². The Morgan fingerprint density at radius 1 is 0.524 bits per heavy atom. The van der Waals surface area contributed by atoms with Crippen LogP contribution in [0.25, 0.3) is 43.6 Å². The molecule has 2 heterocycles. The number of fused-ring (bicyclic) bond motifs is 4. The lowest BCUT2D eigenvalue weighted by Gasteiger charge is -2.11. The number of benzene rings is 4. The highest BCUT2D eigenvalue weighted by Crippen LogP contribution is 2.35. The van der Waals surface area contributed by atoms with Gasteiger partial charge >= 0.3 is 0 Å². The number of nitrogens with one attached hydrogen (secondary N) is 2. The normalized spacial score (nSPS) is 11.4. The average molecular weight is 600 g/mol. The van der Waals surface area contributed by atoms with E-state index in [2.05, 4.69) is 34.9 Å². The molecule has 6 nitrogen and oxygen atoms in total. The van der Waals surface area contributed by atoms with Crippen molar-refractivity contribution in [2.24, 2.45) is 0 Å². The quantitative estimate of drug-likeness (QED) is 0.114. The van der Waals surface area contributed by atoms with Gasteiger partial charge in [0, 0.05) is 46.0 Å². The van der Waals surface area contributed by atoms with E-state index >= 15 is 0 Å². The number of ether oxygens (including phenoxy) is 2. The molecule has 0 aliphatic carbocycles. The summed E-state index contributed by atoms with van der Waals surface area (Å²) in [4.78, 5) is 9.53. The van der Waals surface area contributed by atoms with Crippen LogP contribution in [0.1, 0.15) is 25.7 Å². The smallest absolute Gasteiger partial charge is 0.119 e. The van der Waals surface area contributed by atoms with E-state index in [-0.39, 0.29) is 0 Å². The second-order valence-electron chi connectivity index (χ2n) is 10.3. The topological polar surface area (TPSA) is 68.3 Å². The fraction of sp³-hybridized carbons (Fsp3) is 0.235. The summed E-state index contributed by atoms with van der Waals surface area (Å²) in [6.07, 6.45) is 4.48. The third-order valence-electron chi connectivity index (χ3n) is 7.59. The number of hydrogen-bond acceptors (Lipinski definition) is 6. The first-order valence-corrected chi connectivity index (χ1v) is 14.9. The zero-order valence-electron chi connectivity index (χ0n) is 23.6. The van der Waals surface area contributed by atoms with Crippen molar-refractivity contribution in [2.45, 2.75) is 25.7 Å². The molecule has 0 atom stereocenters. The van der Waals surface area contributed by atoms with Crippen molar-refractivity contribution in [3.63, 3.8) is 0 Å². The Labute approximate surface area is 255 Å². The molecule has 0 unspecified atom stereocenters. The molecule has 6 rings (SSSR count). The maximum atomic E-state index is 6.78. The highest BCUT2D eigenvalue weighted by molar-refractivity contribution is 6.41. The predicted molar refractivity (Wildman–Crippen MR) is 177 cm³/mol. The number of nitrogens with zero attached hydrogens (tertiary/aromatic N) is 2. The van der Waals surface area contributed by atoms with E-state index in [4.69, 9.17) is 42.6 Å². The van der Waals surface area contributed by atoms with Crippen molar-refractivity contribution in [1.29, 1.82) is 0 Å². The molecule has 2 aromatic heterocycles. The van der Waals surface area contributed by atoms with Crippen LogP contribution in [0.5, 0.6) is 11.5 Å². The zero-order valence-corrected chi connectivity index (χ0v) is 25.1. The Morgan fingerprint density at radius 2 is 0.905 bits per heavy atom. The molecule has 0 saturated carbocycles. The molecule has 0 aliphatic heterocycles. The number of hydrogen-bond donors (Lipinski definition) is 2. The molecule has 0 fully saturated rings. The molecule has 0 spiro atoms. The number of halogens is 2. The lowest BCUT2D eigenvalue weighted by Crippen LogP contribution is -2.03. The minimum absolute atomic E-state index is 0.698. The maximum absolute atomic E-state index is 6.78. The summed E-state index contributed by atoms with van der Waals surface area (Å²) in [6.45, 7) is 1.81. The molecular weight excluding hydrogens is 567 g/mol. The number of unbranched alkanes of at least 4 members (excludes halogenated alkanes) is 3. The van der Waals surface area contributed by atoms with E-state index in [1.54, 1.807) is 14.2 Å². The van der Waals surface area contributed by atoms with Crippen LogP contribution in [0.3, 0.4) is 0 Å². The minimum atomic E-state index is 0.698. The van der Waals surface area contributed by atoms with Gasteiger partial charge in [0.1, 0.15) is 11.5 Å². The molecule has 0 aliphatic rings. The standard InChI is InChI=1S/C34H32Cl2N4O2/c1-41-23-9-13-31-27(19-23)33(35)25-17-21(7-11-29(25)39-31)37-15-5-3-4-6-16-38-22-8-12-30-26(18-22)34(36)28-20-24(42-2)10-14-32(28)40-30/h7-14,17-20,37-38H,3-6,15-16H2,1-2H3. The van der Waals surface area contributed by atoms with Crippen molar-refractivity contribution >= 4 is 78.2 Å². The van der Waals surface area contributed by atoms with E-state index in [0.717, 1.165) is 105 Å². The first kappa shape index (κ1) is 28.1. The monoisotopic (exact) mass is 598 g/mol. The van der Waals surface area contributed by atoms with E-state index in [9.17, 15) is 0 Å². The summed E-state index contributed by atoms with van der Waals surface area (Å²) >= 11 is 13.6. The third-order valence-corrected chi connectivity index (χ3v) is 8.40. The van der Waals surface area contributed by atoms with Crippen LogP contribution in [-0.4, -0.2) is 37.3 Å². The molecule has 8 heteroatoms. The Morgan fingerprint density at radius 3 is 1.31 bits per heavy atom. The van der Waals surface area contributed by atoms with Crippen molar-refractivity contribution in [3.8, 4) is 11.5 Å². The molecule has 6 aromatic rings. The average Bonchev–Trinajstić information content (AvgIpc) is 3.02. The SMILES string of the molecule is COc1ccc2nc3ccc(NCCCCCCNc4ccc5nc6ccc(OC)cc6c(Cl)c5c4)cc3c(Cl)c2c1. The minimum Gasteiger partial charge on any atom is -0.497 e. The van der Waals surface area contributed by atoms with E-state index in [1.807, 2.05) is 48.5 Å². The van der Waals surface area contributed by atoms with Crippen LogP contribution >= 0.6 is 23.2 Å². The van der Waals surface area contributed by atoms with Gasteiger partial charge in [-0.1, -0.05) is 36.0 Å². The van der Waals surface area contributed by atoms with Crippen molar-refractivity contribution in [3.05, 3.63) is 82.8 Å². The van der Waals surface area contributed by atoms with Gasteiger partial charge in [-0.05, 0) is 85.6 Å². The highest BCUT2D eigenvalue weighted by Gasteiger charge is 2.11. The second kappa shape index (κ2) is 12.5. The zero-order chi connectivity index (χ0) is 29.1. The molecular formula is C34H32Cl2N4O2. The summed E-state index contributed by atoms with van der Waals surface area (Å²) in [5.74, 6) is 1.54. The Hall–Kier alpha value is -4.00. The van der Waals surface area contributed by atoms with Gasteiger partial charge in [0.25, 0.3) is 0 Å². The van der Waals surface area contributed by atoms with Crippen molar-refractivity contribution in [2.75, 3.05) is 37.9 Å². The lowest BCUT2D eigenvalue weighted by atomic mass is 10.1. The molecule has 0 amide bonds. The van der Waals surface area contributed by atoms with E-state index in [1.165, 1.54) is 0 Å². The van der Waals surface area contributed by atoms with E-state index in [0.29, 0.717) is 10.0 Å². The van der Waals surface area contributed by atoms with Crippen LogP contribution in [-0.2, 0) is 0 Å². The first-order valence-electron chi connectivity index (χ1n) is 14.2. The Bertz CT molecular complexity index is 1770. The Kier molecular flexibility index (Phi) is 8.36. The van der Waals surface area contributed by atoms with Gasteiger partial charge in [-0.2, -0.15) is 0 Å². The molecule has 42 heavy (non-hydrogen) atoms. The number of pyridine rings is 2.